The van der Waals surface area contributed by atoms with E-state index in [1.165, 1.54) is 0 Å². The van der Waals surface area contributed by atoms with Gasteiger partial charge in [0.1, 0.15) is 17.6 Å². The van der Waals surface area contributed by atoms with Crippen molar-refractivity contribution in [1.29, 1.82) is 5.26 Å². The zero-order chi connectivity index (χ0) is 22.0. The Morgan fingerprint density at radius 3 is 2.65 bits per heavy atom. The number of fused-ring (bicyclic) bond motifs is 1. The first kappa shape index (κ1) is 20.5. The molecule has 0 spiro atoms. The fourth-order valence-electron chi connectivity index (χ4n) is 3.67. The van der Waals surface area contributed by atoms with Crippen molar-refractivity contribution in [1.82, 2.24) is 19.5 Å². The summed E-state index contributed by atoms with van der Waals surface area (Å²) in [4.78, 5) is 8.70. The Morgan fingerprint density at radius 1 is 1.26 bits per heavy atom. The van der Waals surface area contributed by atoms with Gasteiger partial charge in [-0.25, -0.2) is 9.50 Å². The molecule has 4 heterocycles. The SMILES string of the molecule is C=C(O)N1CCN(c2ccc(-c3cc(OCC(C)C)cn4ncc(C#N)c34)cn2)CC1. The lowest BCUT2D eigenvalue weighted by Crippen LogP contribution is -2.46. The zero-order valence-electron chi connectivity index (χ0n) is 17.8. The average molecular weight is 419 g/mol. The molecule has 1 fully saturated rings. The minimum absolute atomic E-state index is 0.112. The second kappa shape index (κ2) is 8.56. The molecule has 3 aromatic heterocycles. The molecule has 3 aromatic rings. The van der Waals surface area contributed by atoms with Crippen molar-refractivity contribution in [2.75, 3.05) is 37.7 Å². The maximum atomic E-state index is 9.56. The molecule has 0 bridgehead atoms. The van der Waals surface area contributed by atoms with Gasteiger partial charge in [-0.3, -0.25) is 0 Å². The van der Waals surface area contributed by atoms with Gasteiger partial charge >= 0.3 is 0 Å². The molecule has 1 N–H and O–H groups in total. The number of pyridine rings is 2. The van der Waals surface area contributed by atoms with Crippen LogP contribution in [0.15, 0.2) is 49.3 Å². The number of aliphatic hydroxyl groups is 1. The van der Waals surface area contributed by atoms with Gasteiger partial charge < -0.3 is 19.6 Å². The van der Waals surface area contributed by atoms with E-state index in [1.54, 1.807) is 16.9 Å². The normalized spacial score (nSPS) is 14.1. The van der Waals surface area contributed by atoms with Gasteiger partial charge in [0.15, 0.2) is 5.88 Å². The van der Waals surface area contributed by atoms with Crippen molar-refractivity contribution < 1.29 is 9.84 Å². The Labute approximate surface area is 181 Å². The number of ether oxygens (including phenoxy) is 1. The van der Waals surface area contributed by atoms with Crippen LogP contribution >= 0.6 is 0 Å². The number of aromatic nitrogens is 3. The summed E-state index contributed by atoms with van der Waals surface area (Å²) in [5, 5.41) is 23.4. The van der Waals surface area contributed by atoms with Crippen molar-refractivity contribution in [3.8, 4) is 22.9 Å². The lowest BCUT2D eigenvalue weighted by atomic mass is 10.1. The first-order valence-electron chi connectivity index (χ1n) is 10.3. The van der Waals surface area contributed by atoms with E-state index >= 15 is 0 Å². The summed E-state index contributed by atoms with van der Waals surface area (Å²) in [7, 11) is 0. The molecule has 0 amide bonds. The topological polar surface area (TPSA) is 89.9 Å². The van der Waals surface area contributed by atoms with E-state index in [2.05, 4.69) is 41.5 Å². The molecule has 1 aliphatic rings. The van der Waals surface area contributed by atoms with E-state index in [1.807, 2.05) is 29.3 Å². The van der Waals surface area contributed by atoms with E-state index in [4.69, 9.17) is 4.74 Å². The van der Waals surface area contributed by atoms with Crippen LogP contribution < -0.4 is 9.64 Å². The van der Waals surface area contributed by atoms with E-state index < -0.39 is 0 Å². The summed E-state index contributed by atoms with van der Waals surface area (Å²) in [5.74, 6) is 2.09. The van der Waals surface area contributed by atoms with E-state index in [0.717, 1.165) is 35.6 Å². The lowest BCUT2D eigenvalue weighted by molar-refractivity contribution is 0.194. The molecule has 1 aliphatic heterocycles. The summed E-state index contributed by atoms with van der Waals surface area (Å²) >= 11 is 0. The van der Waals surface area contributed by atoms with Crippen molar-refractivity contribution >= 4 is 11.3 Å². The predicted molar refractivity (Wildman–Crippen MR) is 119 cm³/mol. The molecule has 8 heteroatoms. The van der Waals surface area contributed by atoms with Crippen LogP contribution in [-0.4, -0.2) is 57.4 Å². The summed E-state index contributed by atoms with van der Waals surface area (Å²) in [6, 6.07) is 8.16. The Hall–Kier alpha value is -3.73. The number of aliphatic hydroxyl groups excluding tert-OH is 1. The van der Waals surface area contributed by atoms with Crippen LogP contribution in [0.2, 0.25) is 0 Å². The number of nitriles is 1. The molecule has 160 valence electrons. The second-order valence-electron chi connectivity index (χ2n) is 8.05. The summed E-state index contributed by atoms with van der Waals surface area (Å²) in [6.07, 6.45) is 5.20. The molecule has 1 saturated heterocycles. The Bertz CT molecular complexity index is 1120. The van der Waals surface area contributed by atoms with Crippen molar-refractivity contribution in [3.05, 3.63) is 54.8 Å². The third kappa shape index (κ3) is 4.26. The maximum absolute atomic E-state index is 9.56. The highest BCUT2D eigenvalue weighted by Gasteiger charge is 2.19. The van der Waals surface area contributed by atoms with Crippen LogP contribution in [0.25, 0.3) is 16.6 Å². The van der Waals surface area contributed by atoms with Gasteiger partial charge in [0.2, 0.25) is 0 Å². The molecule has 4 rings (SSSR count). The Balaban J connectivity index is 1.64. The molecule has 8 nitrogen and oxygen atoms in total. The first-order chi connectivity index (χ1) is 15.0. The van der Waals surface area contributed by atoms with Crippen molar-refractivity contribution in [3.63, 3.8) is 0 Å². The van der Waals surface area contributed by atoms with Gasteiger partial charge in [0.05, 0.1) is 30.1 Å². The minimum Gasteiger partial charge on any atom is -0.495 e. The number of rotatable bonds is 6. The Kier molecular flexibility index (Phi) is 5.67. The van der Waals surface area contributed by atoms with E-state index in [9.17, 15) is 10.4 Å². The monoisotopic (exact) mass is 418 g/mol. The highest BCUT2D eigenvalue weighted by molar-refractivity contribution is 5.85. The standard InChI is InChI=1S/C23H26N6O2/c1-16(2)15-31-20-10-21(23-19(11-24)13-26-29(23)14-20)18-4-5-22(25-12-18)28-8-6-27(7-9-28)17(3)30/h4-5,10,12-14,16,30H,3,6-9,15H2,1-2H3. The fraction of sp³-hybridized carbons (Fsp3) is 0.348. The summed E-state index contributed by atoms with van der Waals surface area (Å²) in [5.41, 5.74) is 3.00. The van der Waals surface area contributed by atoms with Crippen LogP contribution in [0.3, 0.4) is 0 Å². The van der Waals surface area contributed by atoms with Crippen LogP contribution in [0.4, 0.5) is 5.82 Å². The van der Waals surface area contributed by atoms with Crippen LogP contribution in [0, 0.1) is 17.2 Å². The van der Waals surface area contributed by atoms with Gasteiger partial charge in [0.25, 0.3) is 0 Å². The molecule has 0 aromatic carbocycles. The molecule has 0 radical (unpaired) electrons. The quantitative estimate of drug-likeness (QED) is 0.613. The fourth-order valence-corrected chi connectivity index (χ4v) is 3.67. The number of hydrogen-bond acceptors (Lipinski definition) is 7. The van der Waals surface area contributed by atoms with Crippen molar-refractivity contribution in [2.24, 2.45) is 5.92 Å². The number of piperazine rings is 1. The first-order valence-corrected chi connectivity index (χ1v) is 10.3. The van der Waals surface area contributed by atoms with Crippen LogP contribution in [0.1, 0.15) is 19.4 Å². The smallest absolute Gasteiger partial charge is 0.179 e. The number of hydrogen-bond donors (Lipinski definition) is 1. The van der Waals surface area contributed by atoms with Crippen molar-refractivity contribution in [2.45, 2.75) is 13.8 Å². The second-order valence-corrected chi connectivity index (χ2v) is 8.05. The van der Waals surface area contributed by atoms with Gasteiger partial charge in [-0.05, 0) is 30.7 Å². The maximum Gasteiger partial charge on any atom is 0.179 e. The third-order valence-electron chi connectivity index (χ3n) is 5.32. The Morgan fingerprint density at radius 2 is 2.03 bits per heavy atom. The number of anilines is 1. The average Bonchev–Trinajstić information content (AvgIpc) is 3.20. The molecular weight excluding hydrogens is 392 g/mol. The predicted octanol–water partition coefficient (Wildman–Crippen LogP) is 3.45. The van der Waals surface area contributed by atoms with Gasteiger partial charge in [0, 0.05) is 43.5 Å². The summed E-state index contributed by atoms with van der Waals surface area (Å²) < 4.78 is 7.62. The zero-order valence-corrected chi connectivity index (χ0v) is 17.8. The lowest BCUT2D eigenvalue weighted by Gasteiger charge is -2.35. The highest BCUT2D eigenvalue weighted by Crippen LogP contribution is 2.31. The van der Waals surface area contributed by atoms with E-state index in [0.29, 0.717) is 36.9 Å². The summed E-state index contributed by atoms with van der Waals surface area (Å²) in [6.45, 7) is 11.3. The largest absolute Gasteiger partial charge is 0.495 e. The van der Waals surface area contributed by atoms with Gasteiger partial charge in [-0.2, -0.15) is 10.4 Å². The van der Waals surface area contributed by atoms with Crippen LogP contribution in [-0.2, 0) is 0 Å². The van der Waals surface area contributed by atoms with Crippen LogP contribution in [0.5, 0.6) is 5.75 Å². The minimum atomic E-state index is 0.112. The van der Waals surface area contributed by atoms with E-state index in [-0.39, 0.29) is 5.88 Å². The van der Waals surface area contributed by atoms with Gasteiger partial charge in [-0.1, -0.05) is 13.8 Å². The molecule has 0 atom stereocenters. The molecule has 0 aliphatic carbocycles. The molecule has 0 unspecified atom stereocenters. The highest BCUT2D eigenvalue weighted by atomic mass is 16.5. The number of nitrogens with zero attached hydrogens (tertiary/aromatic N) is 6. The molecular formula is C23H26N6O2. The molecule has 0 saturated carbocycles. The molecule has 31 heavy (non-hydrogen) atoms. The van der Waals surface area contributed by atoms with Gasteiger partial charge in [-0.15, -0.1) is 0 Å². The third-order valence-corrected chi connectivity index (χ3v) is 5.32.